The Bertz CT molecular complexity index is 971. The van der Waals surface area contributed by atoms with Crippen molar-refractivity contribution < 1.29 is 9.18 Å². The van der Waals surface area contributed by atoms with E-state index in [4.69, 9.17) is 0 Å². The van der Waals surface area contributed by atoms with Gasteiger partial charge in [0, 0.05) is 30.5 Å². The average molecular weight is 377 g/mol. The molecule has 7 heteroatoms. The maximum absolute atomic E-state index is 13.7. The molecule has 2 heterocycles. The fraction of sp³-hybridized carbons (Fsp3) is 0.190. The average Bonchev–Trinajstić information content (AvgIpc) is 3.25. The van der Waals surface area contributed by atoms with Crippen molar-refractivity contribution in [3.63, 3.8) is 0 Å². The quantitative estimate of drug-likeness (QED) is 0.697. The molecule has 2 N–H and O–H groups in total. The fourth-order valence-electron chi connectivity index (χ4n) is 3.19. The Kier molecular flexibility index (Phi) is 5.14. The SMILES string of the molecule is O=C(Nc1ccc(Nc2cc(N3CCCC3)cnn2)cc1)c1ccccc1F. The van der Waals surface area contributed by atoms with Gasteiger partial charge in [-0.1, -0.05) is 12.1 Å². The van der Waals surface area contributed by atoms with E-state index in [1.54, 1.807) is 30.5 Å². The number of carbonyl (C=O) groups excluding carboxylic acids is 1. The molecular weight excluding hydrogens is 357 g/mol. The Morgan fingerprint density at radius 3 is 2.46 bits per heavy atom. The predicted molar refractivity (Wildman–Crippen MR) is 108 cm³/mol. The number of hydrogen-bond donors (Lipinski definition) is 2. The summed E-state index contributed by atoms with van der Waals surface area (Å²) < 4.78 is 13.7. The number of aromatic nitrogens is 2. The van der Waals surface area contributed by atoms with Gasteiger partial charge >= 0.3 is 0 Å². The molecule has 1 aromatic heterocycles. The van der Waals surface area contributed by atoms with Gasteiger partial charge in [-0.25, -0.2) is 4.39 Å². The second kappa shape index (κ2) is 8.04. The Hall–Kier alpha value is -3.48. The molecule has 4 rings (SSSR count). The standard InChI is InChI=1S/C21H20FN5O/c22-19-6-2-1-5-18(19)21(28)25-16-9-7-15(8-10-16)24-20-13-17(14-23-26-20)27-11-3-4-12-27/h1-2,5-10,13-14H,3-4,11-12H2,(H,24,26)(H,25,28). The lowest BCUT2D eigenvalue weighted by molar-refractivity contribution is 0.102. The molecule has 142 valence electrons. The number of nitrogens with zero attached hydrogens (tertiary/aromatic N) is 3. The van der Waals surface area contributed by atoms with Crippen molar-refractivity contribution in [2.45, 2.75) is 12.8 Å². The summed E-state index contributed by atoms with van der Waals surface area (Å²) in [4.78, 5) is 14.5. The summed E-state index contributed by atoms with van der Waals surface area (Å²) in [6, 6.07) is 15.0. The summed E-state index contributed by atoms with van der Waals surface area (Å²) in [6.45, 7) is 2.09. The van der Waals surface area contributed by atoms with Gasteiger partial charge in [0.05, 0.1) is 17.4 Å². The highest BCUT2D eigenvalue weighted by Gasteiger charge is 2.14. The third-order valence-electron chi connectivity index (χ3n) is 4.64. The van der Waals surface area contributed by atoms with Crippen LogP contribution in [0.15, 0.2) is 60.8 Å². The summed E-state index contributed by atoms with van der Waals surface area (Å²) in [5.74, 6) is -0.370. The molecule has 0 saturated carbocycles. The van der Waals surface area contributed by atoms with Gasteiger partial charge in [-0.15, -0.1) is 5.10 Å². The molecule has 0 spiro atoms. The number of anilines is 4. The predicted octanol–water partition coefficient (Wildman–Crippen LogP) is 4.21. The second-order valence-electron chi connectivity index (χ2n) is 6.63. The molecule has 6 nitrogen and oxygen atoms in total. The minimum Gasteiger partial charge on any atom is -0.370 e. The number of carbonyl (C=O) groups is 1. The molecule has 0 atom stereocenters. The highest BCUT2D eigenvalue weighted by Crippen LogP contribution is 2.23. The highest BCUT2D eigenvalue weighted by molar-refractivity contribution is 6.04. The first-order chi connectivity index (χ1) is 13.7. The molecule has 1 aliphatic rings. The summed E-state index contributed by atoms with van der Waals surface area (Å²) >= 11 is 0. The van der Waals surface area contributed by atoms with Crippen molar-refractivity contribution in [3.8, 4) is 0 Å². The number of nitrogens with one attached hydrogen (secondary N) is 2. The van der Waals surface area contributed by atoms with E-state index >= 15 is 0 Å². The van der Waals surface area contributed by atoms with Gasteiger partial charge in [-0.3, -0.25) is 4.79 Å². The number of rotatable bonds is 5. The van der Waals surface area contributed by atoms with E-state index in [9.17, 15) is 9.18 Å². The maximum atomic E-state index is 13.7. The van der Waals surface area contributed by atoms with Crippen LogP contribution in [0.3, 0.4) is 0 Å². The van der Waals surface area contributed by atoms with Crippen LogP contribution in [0.1, 0.15) is 23.2 Å². The smallest absolute Gasteiger partial charge is 0.258 e. The lowest BCUT2D eigenvalue weighted by atomic mass is 10.2. The summed E-state index contributed by atoms with van der Waals surface area (Å²) in [7, 11) is 0. The van der Waals surface area contributed by atoms with E-state index in [1.807, 2.05) is 18.2 Å². The largest absolute Gasteiger partial charge is 0.370 e. The van der Waals surface area contributed by atoms with E-state index in [2.05, 4.69) is 25.7 Å². The number of hydrogen-bond acceptors (Lipinski definition) is 5. The molecule has 0 aliphatic carbocycles. The van der Waals surface area contributed by atoms with Crippen LogP contribution in [-0.2, 0) is 0 Å². The van der Waals surface area contributed by atoms with Gasteiger partial charge in [-0.05, 0) is 49.2 Å². The second-order valence-corrected chi connectivity index (χ2v) is 6.63. The van der Waals surface area contributed by atoms with Crippen LogP contribution in [0.4, 0.5) is 27.3 Å². The number of halogens is 1. The highest BCUT2D eigenvalue weighted by atomic mass is 19.1. The van der Waals surface area contributed by atoms with Crippen LogP contribution in [0.5, 0.6) is 0 Å². The monoisotopic (exact) mass is 377 g/mol. The van der Waals surface area contributed by atoms with Gasteiger partial charge in [-0.2, -0.15) is 5.10 Å². The minimum atomic E-state index is -0.547. The van der Waals surface area contributed by atoms with E-state index in [-0.39, 0.29) is 5.56 Å². The Morgan fingerprint density at radius 1 is 1.00 bits per heavy atom. The fourth-order valence-corrected chi connectivity index (χ4v) is 3.19. The van der Waals surface area contributed by atoms with Crippen LogP contribution in [-0.4, -0.2) is 29.2 Å². The zero-order valence-corrected chi connectivity index (χ0v) is 15.2. The van der Waals surface area contributed by atoms with Crippen molar-refractivity contribution in [2.75, 3.05) is 28.6 Å². The number of amides is 1. The van der Waals surface area contributed by atoms with E-state index < -0.39 is 11.7 Å². The Morgan fingerprint density at radius 2 is 1.71 bits per heavy atom. The van der Waals surface area contributed by atoms with Crippen LogP contribution in [0.25, 0.3) is 0 Å². The van der Waals surface area contributed by atoms with Gasteiger partial charge in [0.1, 0.15) is 5.82 Å². The van der Waals surface area contributed by atoms with Crippen LogP contribution in [0.2, 0.25) is 0 Å². The molecule has 1 fully saturated rings. The molecule has 3 aromatic rings. The third kappa shape index (κ3) is 4.09. The van der Waals surface area contributed by atoms with Crippen LogP contribution in [0, 0.1) is 5.82 Å². The zero-order valence-electron chi connectivity index (χ0n) is 15.2. The normalized spacial score (nSPS) is 13.4. The lowest BCUT2D eigenvalue weighted by Gasteiger charge is -2.17. The van der Waals surface area contributed by atoms with Crippen molar-refractivity contribution in [1.29, 1.82) is 0 Å². The first kappa shape index (κ1) is 17.9. The molecule has 1 aliphatic heterocycles. The van der Waals surface area contributed by atoms with Crippen molar-refractivity contribution in [1.82, 2.24) is 10.2 Å². The molecule has 0 unspecified atom stereocenters. The van der Waals surface area contributed by atoms with Gasteiger partial charge in [0.25, 0.3) is 5.91 Å². The Labute approximate surface area is 162 Å². The van der Waals surface area contributed by atoms with Gasteiger partial charge in [0.15, 0.2) is 5.82 Å². The van der Waals surface area contributed by atoms with Crippen molar-refractivity contribution in [3.05, 3.63) is 72.2 Å². The minimum absolute atomic E-state index is 0.0127. The first-order valence-corrected chi connectivity index (χ1v) is 9.20. The van der Waals surface area contributed by atoms with Gasteiger partial charge in [0.2, 0.25) is 0 Å². The van der Waals surface area contributed by atoms with Crippen molar-refractivity contribution in [2.24, 2.45) is 0 Å². The van der Waals surface area contributed by atoms with E-state index in [0.717, 1.165) is 24.5 Å². The van der Waals surface area contributed by atoms with Crippen LogP contribution < -0.4 is 15.5 Å². The summed E-state index contributed by atoms with van der Waals surface area (Å²) in [5.41, 5.74) is 2.47. The summed E-state index contributed by atoms with van der Waals surface area (Å²) in [6.07, 6.45) is 4.17. The molecule has 0 bridgehead atoms. The first-order valence-electron chi connectivity index (χ1n) is 9.20. The zero-order chi connectivity index (χ0) is 19.3. The Balaban J connectivity index is 1.42. The maximum Gasteiger partial charge on any atom is 0.258 e. The molecular formula is C21H20FN5O. The third-order valence-corrected chi connectivity index (χ3v) is 4.64. The molecule has 2 aromatic carbocycles. The van der Waals surface area contributed by atoms with Gasteiger partial charge < -0.3 is 15.5 Å². The van der Waals surface area contributed by atoms with E-state index in [0.29, 0.717) is 11.5 Å². The van der Waals surface area contributed by atoms with Crippen LogP contribution >= 0.6 is 0 Å². The topological polar surface area (TPSA) is 70.2 Å². The van der Waals surface area contributed by atoms with Crippen molar-refractivity contribution >= 4 is 28.8 Å². The molecule has 1 saturated heterocycles. The lowest BCUT2D eigenvalue weighted by Crippen LogP contribution is -2.18. The van der Waals surface area contributed by atoms with E-state index in [1.165, 1.54) is 25.0 Å². The number of benzene rings is 2. The molecule has 1 amide bonds. The molecule has 28 heavy (non-hydrogen) atoms. The molecule has 0 radical (unpaired) electrons. The summed E-state index contributed by atoms with van der Waals surface area (Å²) in [5, 5.41) is 14.1.